The fourth-order valence-corrected chi connectivity index (χ4v) is 1.92. The van der Waals surface area contributed by atoms with Crippen LogP contribution in [0.2, 0.25) is 0 Å². The lowest BCUT2D eigenvalue weighted by Crippen LogP contribution is -2.19. The summed E-state index contributed by atoms with van der Waals surface area (Å²) >= 11 is 0. The molecular formula is C14H19N5O. The molecule has 0 bridgehead atoms. The molecule has 2 rings (SSSR count). The minimum absolute atomic E-state index is 0.200. The van der Waals surface area contributed by atoms with Crippen LogP contribution in [0.5, 0.6) is 0 Å². The minimum atomic E-state index is -0.200. The zero-order valence-electron chi connectivity index (χ0n) is 11.9. The van der Waals surface area contributed by atoms with Crippen molar-refractivity contribution in [3.8, 4) is 5.69 Å². The van der Waals surface area contributed by atoms with E-state index in [9.17, 15) is 4.79 Å². The Bertz CT molecular complexity index is 576. The third-order valence-electron chi connectivity index (χ3n) is 3.04. The molecule has 1 atom stereocenters. The second-order valence-corrected chi connectivity index (χ2v) is 4.45. The van der Waals surface area contributed by atoms with Crippen molar-refractivity contribution in [3.63, 3.8) is 0 Å². The molecule has 1 unspecified atom stereocenters. The molecule has 2 heterocycles. The fourth-order valence-electron chi connectivity index (χ4n) is 1.92. The topological polar surface area (TPSA) is 71.8 Å². The molecule has 0 aliphatic rings. The summed E-state index contributed by atoms with van der Waals surface area (Å²) in [5, 5.41) is 10.1. The number of pyridine rings is 1. The van der Waals surface area contributed by atoms with Crippen LogP contribution in [0.25, 0.3) is 5.69 Å². The van der Waals surface area contributed by atoms with Crippen molar-refractivity contribution < 1.29 is 4.79 Å². The summed E-state index contributed by atoms with van der Waals surface area (Å²) in [7, 11) is 1.58. The van der Waals surface area contributed by atoms with Gasteiger partial charge in [-0.3, -0.25) is 9.78 Å². The van der Waals surface area contributed by atoms with Crippen LogP contribution in [0.3, 0.4) is 0 Å². The van der Waals surface area contributed by atoms with Gasteiger partial charge in [0.1, 0.15) is 0 Å². The highest BCUT2D eigenvalue weighted by Crippen LogP contribution is 2.12. The molecular weight excluding hydrogens is 254 g/mol. The molecule has 20 heavy (non-hydrogen) atoms. The maximum absolute atomic E-state index is 11.5. The van der Waals surface area contributed by atoms with Crippen LogP contribution in [0.1, 0.15) is 36.1 Å². The molecule has 0 spiro atoms. The van der Waals surface area contributed by atoms with E-state index in [2.05, 4.69) is 34.6 Å². The molecule has 0 aromatic carbocycles. The summed E-state index contributed by atoms with van der Waals surface area (Å²) in [6.45, 7) is 5.04. The summed E-state index contributed by atoms with van der Waals surface area (Å²) in [6, 6.07) is 5.79. The Balaban J connectivity index is 2.17. The average Bonchev–Trinajstić information content (AvgIpc) is 2.96. The highest BCUT2D eigenvalue weighted by Gasteiger charge is 2.09. The van der Waals surface area contributed by atoms with Gasteiger partial charge in [0.15, 0.2) is 5.69 Å². The first-order valence-corrected chi connectivity index (χ1v) is 6.63. The number of carbonyl (C=O) groups is 1. The first-order chi connectivity index (χ1) is 9.65. The Morgan fingerprint density at radius 3 is 2.80 bits per heavy atom. The molecule has 1 amide bonds. The van der Waals surface area contributed by atoms with Gasteiger partial charge in [0.25, 0.3) is 5.91 Å². The lowest BCUT2D eigenvalue weighted by Gasteiger charge is -2.11. The van der Waals surface area contributed by atoms with Crippen LogP contribution in [-0.2, 0) is 0 Å². The number of nitrogens with zero attached hydrogens (tertiary/aromatic N) is 3. The van der Waals surface area contributed by atoms with E-state index in [1.165, 1.54) is 0 Å². The van der Waals surface area contributed by atoms with Crippen LogP contribution >= 0.6 is 0 Å². The van der Waals surface area contributed by atoms with Gasteiger partial charge in [0, 0.05) is 19.3 Å². The molecule has 0 radical (unpaired) electrons. The lowest BCUT2D eigenvalue weighted by atomic mass is 10.2. The molecule has 6 heteroatoms. The van der Waals surface area contributed by atoms with Crippen molar-refractivity contribution in [1.82, 2.24) is 25.4 Å². The quantitative estimate of drug-likeness (QED) is 0.861. The highest BCUT2D eigenvalue weighted by atomic mass is 16.1. The fraction of sp³-hybridized carbons (Fsp3) is 0.357. The number of nitrogens with one attached hydrogen (secondary N) is 2. The maximum Gasteiger partial charge on any atom is 0.271 e. The number of hydrogen-bond donors (Lipinski definition) is 2. The highest BCUT2D eigenvalue weighted by molar-refractivity contribution is 5.91. The van der Waals surface area contributed by atoms with Crippen molar-refractivity contribution >= 4 is 5.91 Å². The lowest BCUT2D eigenvalue weighted by molar-refractivity contribution is 0.0957. The van der Waals surface area contributed by atoms with Crippen molar-refractivity contribution in [2.75, 3.05) is 13.6 Å². The molecule has 6 nitrogen and oxygen atoms in total. The van der Waals surface area contributed by atoms with Gasteiger partial charge in [-0.2, -0.15) is 5.10 Å². The van der Waals surface area contributed by atoms with E-state index in [1.54, 1.807) is 30.2 Å². The Labute approximate surface area is 118 Å². The molecule has 0 fully saturated rings. The summed E-state index contributed by atoms with van der Waals surface area (Å²) in [4.78, 5) is 15.9. The molecule has 0 aliphatic carbocycles. The Morgan fingerprint density at radius 2 is 2.20 bits per heavy atom. The monoisotopic (exact) mass is 273 g/mol. The molecule has 0 saturated heterocycles. The number of hydrogen-bond acceptors (Lipinski definition) is 4. The molecule has 2 aromatic rings. The van der Waals surface area contributed by atoms with Crippen molar-refractivity contribution in [3.05, 3.63) is 42.0 Å². The number of aromatic nitrogens is 3. The standard InChI is InChI=1S/C14H19N5O/c1-4-16-10(2)12-6-5-11(9-17-12)19-8-7-13(18-19)14(20)15-3/h5-10,16H,4H2,1-3H3,(H,15,20). The van der Waals surface area contributed by atoms with E-state index < -0.39 is 0 Å². The molecule has 0 aliphatic heterocycles. The van der Waals surface area contributed by atoms with E-state index in [-0.39, 0.29) is 11.9 Å². The van der Waals surface area contributed by atoms with E-state index >= 15 is 0 Å². The van der Waals surface area contributed by atoms with Gasteiger partial charge in [-0.15, -0.1) is 0 Å². The van der Waals surface area contributed by atoms with Crippen LogP contribution in [-0.4, -0.2) is 34.3 Å². The predicted octanol–water partition coefficient (Wildman–Crippen LogP) is 1.30. The first-order valence-electron chi connectivity index (χ1n) is 6.63. The molecule has 2 aromatic heterocycles. The Kier molecular flexibility index (Phi) is 4.47. The van der Waals surface area contributed by atoms with Crippen LogP contribution in [0.15, 0.2) is 30.6 Å². The largest absolute Gasteiger partial charge is 0.354 e. The summed E-state index contributed by atoms with van der Waals surface area (Å²) in [6.07, 6.45) is 3.50. The van der Waals surface area contributed by atoms with Crippen LogP contribution in [0.4, 0.5) is 0 Å². The first kappa shape index (κ1) is 14.2. The summed E-state index contributed by atoms with van der Waals surface area (Å²) < 4.78 is 1.64. The van der Waals surface area contributed by atoms with Crippen LogP contribution in [0, 0.1) is 0 Å². The summed E-state index contributed by atoms with van der Waals surface area (Å²) in [5.41, 5.74) is 2.19. The minimum Gasteiger partial charge on any atom is -0.354 e. The normalized spacial score (nSPS) is 12.2. The zero-order chi connectivity index (χ0) is 14.5. The van der Waals surface area contributed by atoms with Gasteiger partial charge in [-0.25, -0.2) is 4.68 Å². The number of amides is 1. The van der Waals surface area contributed by atoms with E-state index in [0.717, 1.165) is 17.9 Å². The SMILES string of the molecule is CCNC(C)c1ccc(-n2ccc(C(=O)NC)n2)cn1. The van der Waals surface area contributed by atoms with Gasteiger partial charge < -0.3 is 10.6 Å². The van der Waals surface area contributed by atoms with Gasteiger partial charge >= 0.3 is 0 Å². The Hall–Kier alpha value is -2.21. The second kappa shape index (κ2) is 6.29. The molecule has 0 saturated carbocycles. The third kappa shape index (κ3) is 3.03. The molecule has 2 N–H and O–H groups in total. The summed E-state index contributed by atoms with van der Waals surface area (Å²) in [5.74, 6) is -0.200. The smallest absolute Gasteiger partial charge is 0.271 e. The zero-order valence-corrected chi connectivity index (χ0v) is 11.9. The van der Waals surface area contributed by atoms with Crippen molar-refractivity contribution in [1.29, 1.82) is 0 Å². The van der Waals surface area contributed by atoms with Crippen molar-refractivity contribution in [2.24, 2.45) is 0 Å². The maximum atomic E-state index is 11.5. The van der Waals surface area contributed by atoms with Gasteiger partial charge in [-0.1, -0.05) is 6.92 Å². The van der Waals surface area contributed by atoms with Crippen LogP contribution < -0.4 is 10.6 Å². The predicted molar refractivity (Wildman–Crippen MR) is 76.8 cm³/mol. The van der Waals surface area contributed by atoms with Gasteiger partial charge in [0.05, 0.1) is 17.6 Å². The van der Waals surface area contributed by atoms with E-state index in [0.29, 0.717) is 5.69 Å². The van der Waals surface area contributed by atoms with E-state index in [4.69, 9.17) is 0 Å². The number of carbonyl (C=O) groups excluding carboxylic acids is 1. The number of rotatable bonds is 5. The van der Waals surface area contributed by atoms with Gasteiger partial charge in [-0.05, 0) is 31.7 Å². The third-order valence-corrected chi connectivity index (χ3v) is 3.04. The van der Waals surface area contributed by atoms with E-state index in [1.807, 2.05) is 12.1 Å². The molecule has 106 valence electrons. The average molecular weight is 273 g/mol. The second-order valence-electron chi connectivity index (χ2n) is 4.45. The van der Waals surface area contributed by atoms with Gasteiger partial charge in [0.2, 0.25) is 0 Å². The Morgan fingerprint density at radius 1 is 1.40 bits per heavy atom. The van der Waals surface area contributed by atoms with Crippen molar-refractivity contribution in [2.45, 2.75) is 19.9 Å².